The number of nitrogens with one attached hydrogen (secondary N) is 2. The Hall–Kier alpha value is -3.10. The van der Waals surface area contributed by atoms with Crippen LogP contribution in [0.1, 0.15) is 80.8 Å². The Balaban J connectivity index is 0.00000400. The predicted octanol–water partition coefficient (Wildman–Crippen LogP) is 4.60. The van der Waals surface area contributed by atoms with E-state index in [0.717, 1.165) is 31.4 Å². The first kappa shape index (κ1) is 29.5. The molecule has 0 aromatic heterocycles. The van der Waals surface area contributed by atoms with Gasteiger partial charge in [-0.1, -0.05) is 26.3 Å². The number of carbonyl (C=O) groups excluding carboxylic acids is 2. The molecule has 2 atom stereocenters. The number of carbonyl (C=O) groups is 2. The van der Waals surface area contributed by atoms with Gasteiger partial charge in [0.05, 0.1) is 13.2 Å². The Morgan fingerprint density at radius 3 is 2.39 bits per heavy atom. The van der Waals surface area contributed by atoms with Crippen LogP contribution in [-0.4, -0.2) is 55.7 Å². The van der Waals surface area contributed by atoms with Crippen LogP contribution >= 0.6 is 0 Å². The molecule has 38 heavy (non-hydrogen) atoms. The largest absolute Gasteiger partial charge is 0.497 e. The topological polar surface area (TPSA) is 106 Å². The van der Waals surface area contributed by atoms with E-state index in [4.69, 9.17) is 14.2 Å². The van der Waals surface area contributed by atoms with E-state index in [0.29, 0.717) is 67.7 Å². The molecule has 2 aromatic carbocycles. The summed E-state index contributed by atoms with van der Waals surface area (Å²) in [5.41, 5.74) is 1.36. The molecule has 0 saturated heterocycles. The maximum atomic E-state index is 12.8. The highest BCUT2D eigenvalue weighted by Crippen LogP contribution is 2.33. The van der Waals surface area contributed by atoms with E-state index in [2.05, 4.69) is 10.6 Å². The standard InChI is InChI=1S/C29H38N2O6.CH4/c1-35-23-13-10-20(11-14-23)25(32)8-3-2-4-9-28(33)31-24(19-30-22-6-5-7-22)29(34)21-12-15-26-27(18-21)37-17-16-36-26;/h10-15,18,22,24,29-30,34H,2-9,16-17,19H2,1H3,(H,31,33);1H4/t24-,29-;/m1./s1. The first-order chi connectivity index (χ1) is 18.0. The molecule has 0 bridgehead atoms. The minimum atomic E-state index is -0.880. The van der Waals surface area contributed by atoms with Gasteiger partial charge >= 0.3 is 0 Å². The van der Waals surface area contributed by atoms with Crippen molar-refractivity contribution in [2.45, 2.75) is 77.0 Å². The van der Waals surface area contributed by atoms with Gasteiger partial charge in [-0.2, -0.15) is 0 Å². The summed E-state index contributed by atoms with van der Waals surface area (Å²) in [6.07, 6.45) is 5.57. The lowest BCUT2D eigenvalue weighted by molar-refractivity contribution is -0.122. The number of aliphatic hydroxyl groups is 1. The Morgan fingerprint density at radius 2 is 1.71 bits per heavy atom. The molecule has 1 fully saturated rings. The lowest BCUT2D eigenvalue weighted by atomic mass is 9.92. The van der Waals surface area contributed by atoms with Crippen molar-refractivity contribution in [3.63, 3.8) is 0 Å². The van der Waals surface area contributed by atoms with Gasteiger partial charge in [-0.25, -0.2) is 0 Å². The zero-order valence-electron chi connectivity index (χ0n) is 21.5. The molecule has 2 aromatic rings. The van der Waals surface area contributed by atoms with Gasteiger partial charge < -0.3 is 30.0 Å². The maximum absolute atomic E-state index is 12.8. The molecule has 3 N–H and O–H groups in total. The molecule has 208 valence electrons. The van der Waals surface area contributed by atoms with Crippen LogP contribution in [0.25, 0.3) is 0 Å². The molecule has 4 rings (SSSR count). The van der Waals surface area contributed by atoms with Gasteiger partial charge in [0.25, 0.3) is 0 Å². The fraction of sp³-hybridized carbons (Fsp3) is 0.533. The number of ketones is 1. The zero-order chi connectivity index (χ0) is 26.0. The predicted molar refractivity (Wildman–Crippen MR) is 147 cm³/mol. The van der Waals surface area contributed by atoms with E-state index < -0.39 is 12.1 Å². The van der Waals surface area contributed by atoms with E-state index >= 15 is 0 Å². The van der Waals surface area contributed by atoms with Crippen LogP contribution in [0.2, 0.25) is 0 Å². The summed E-state index contributed by atoms with van der Waals surface area (Å²) in [6, 6.07) is 12.5. The first-order valence-electron chi connectivity index (χ1n) is 13.3. The molecule has 1 aliphatic heterocycles. The second-order valence-corrected chi connectivity index (χ2v) is 9.77. The highest BCUT2D eigenvalue weighted by atomic mass is 16.6. The van der Waals surface area contributed by atoms with Crippen LogP contribution in [0, 0.1) is 0 Å². The summed E-state index contributed by atoms with van der Waals surface area (Å²) in [6.45, 7) is 1.47. The Morgan fingerprint density at radius 1 is 1.00 bits per heavy atom. The van der Waals surface area contributed by atoms with Gasteiger partial charge in [0.1, 0.15) is 25.1 Å². The summed E-state index contributed by atoms with van der Waals surface area (Å²) >= 11 is 0. The normalized spacial score (nSPS) is 15.9. The molecular formula is C30H42N2O6. The highest BCUT2D eigenvalue weighted by molar-refractivity contribution is 5.96. The number of rotatable bonds is 14. The number of hydrogen-bond acceptors (Lipinski definition) is 7. The average molecular weight is 527 g/mol. The van der Waals surface area contributed by atoms with E-state index in [1.165, 1.54) is 6.42 Å². The minimum absolute atomic E-state index is 0. The van der Waals surface area contributed by atoms with Crippen molar-refractivity contribution < 1.29 is 28.9 Å². The summed E-state index contributed by atoms with van der Waals surface area (Å²) in [5.74, 6) is 2.00. The SMILES string of the molecule is C.COc1ccc(C(=O)CCCCCC(=O)N[C@H](CNC2CCC2)[C@H](O)c2ccc3c(c2)OCCO3)cc1. The van der Waals surface area contributed by atoms with Gasteiger partial charge in [-0.05, 0) is 67.6 Å². The number of benzene rings is 2. The van der Waals surface area contributed by atoms with Gasteiger partial charge in [0, 0.05) is 31.0 Å². The van der Waals surface area contributed by atoms with Crippen LogP contribution in [0.5, 0.6) is 17.2 Å². The van der Waals surface area contributed by atoms with E-state index in [1.807, 2.05) is 6.07 Å². The van der Waals surface area contributed by atoms with Crippen molar-refractivity contribution in [3.8, 4) is 17.2 Å². The number of amides is 1. The van der Waals surface area contributed by atoms with Crippen LogP contribution < -0.4 is 24.8 Å². The summed E-state index contributed by atoms with van der Waals surface area (Å²) in [4.78, 5) is 25.1. The first-order valence-corrected chi connectivity index (χ1v) is 13.3. The third-order valence-corrected chi connectivity index (χ3v) is 7.09. The second kappa shape index (κ2) is 14.7. The molecule has 8 nitrogen and oxygen atoms in total. The van der Waals surface area contributed by atoms with Crippen LogP contribution in [0.3, 0.4) is 0 Å². The quantitative estimate of drug-likeness (QED) is 0.244. The van der Waals surface area contributed by atoms with Crippen molar-refractivity contribution in [2.24, 2.45) is 0 Å². The number of unbranched alkanes of at least 4 members (excludes halogenated alkanes) is 2. The van der Waals surface area contributed by atoms with E-state index in [-0.39, 0.29) is 19.1 Å². The van der Waals surface area contributed by atoms with Crippen molar-refractivity contribution in [1.29, 1.82) is 0 Å². The molecular weight excluding hydrogens is 484 g/mol. The number of aliphatic hydroxyl groups excluding tert-OH is 1. The lowest BCUT2D eigenvalue weighted by Gasteiger charge is -2.31. The molecule has 1 heterocycles. The number of Topliss-reactive ketones (excluding diaryl/α,β-unsaturated/α-hetero) is 1. The minimum Gasteiger partial charge on any atom is -0.497 e. The maximum Gasteiger partial charge on any atom is 0.220 e. The molecule has 1 aliphatic carbocycles. The smallest absolute Gasteiger partial charge is 0.220 e. The zero-order valence-corrected chi connectivity index (χ0v) is 21.5. The number of methoxy groups -OCH3 is 1. The number of ether oxygens (including phenoxy) is 3. The van der Waals surface area contributed by atoms with Gasteiger partial charge in [0.2, 0.25) is 5.91 Å². The monoisotopic (exact) mass is 526 g/mol. The molecule has 1 saturated carbocycles. The summed E-state index contributed by atoms with van der Waals surface area (Å²) in [7, 11) is 1.60. The summed E-state index contributed by atoms with van der Waals surface area (Å²) in [5, 5.41) is 17.7. The number of hydrogen-bond donors (Lipinski definition) is 3. The molecule has 1 amide bonds. The van der Waals surface area contributed by atoms with Crippen molar-refractivity contribution in [3.05, 3.63) is 53.6 Å². The van der Waals surface area contributed by atoms with Gasteiger partial charge in [-0.3, -0.25) is 9.59 Å². The molecule has 8 heteroatoms. The molecule has 0 spiro atoms. The van der Waals surface area contributed by atoms with Gasteiger partial charge in [0.15, 0.2) is 17.3 Å². The average Bonchev–Trinajstić information content (AvgIpc) is 2.90. The van der Waals surface area contributed by atoms with Crippen molar-refractivity contribution in [1.82, 2.24) is 10.6 Å². The van der Waals surface area contributed by atoms with Crippen LogP contribution in [-0.2, 0) is 4.79 Å². The van der Waals surface area contributed by atoms with Gasteiger partial charge in [-0.15, -0.1) is 0 Å². The number of fused-ring (bicyclic) bond motifs is 1. The summed E-state index contributed by atoms with van der Waals surface area (Å²) < 4.78 is 16.4. The molecule has 0 unspecified atom stereocenters. The fourth-order valence-electron chi connectivity index (χ4n) is 4.57. The third-order valence-electron chi connectivity index (χ3n) is 7.09. The fourth-order valence-corrected chi connectivity index (χ4v) is 4.57. The highest BCUT2D eigenvalue weighted by Gasteiger charge is 2.26. The Bertz CT molecular complexity index is 1040. The van der Waals surface area contributed by atoms with Crippen molar-refractivity contribution in [2.75, 3.05) is 26.9 Å². The second-order valence-electron chi connectivity index (χ2n) is 9.77. The molecule has 2 aliphatic rings. The van der Waals surface area contributed by atoms with Crippen LogP contribution in [0.15, 0.2) is 42.5 Å². The Kier molecular flexibility index (Phi) is 11.4. The van der Waals surface area contributed by atoms with Crippen LogP contribution in [0.4, 0.5) is 0 Å². The van der Waals surface area contributed by atoms with E-state index in [1.54, 1.807) is 43.5 Å². The third kappa shape index (κ3) is 8.20. The Labute approximate surface area is 226 Å². The van der Waals surface area contributed by atoms with E-state index in [9.17, 15) is 14.7 Å². The molecule has 0 radical (unpaired) electrons. The van der Waals surface area contributed by atoms with Crippen molar-refractivity contribution >= 4 is 11.7 Å². The lowest BCUT2D eigenvalue weighted by Crippen LogP contribution is -2.49.